The number of anilines is 2. The van der Waals surface area contributed by atoms with E-state index in [2.05, 4.69) is 31.2 Å². The Balaban J connectivity index is 0.000000194. The van der Waals surface area contributed by atoms with Crippen LogP contribution in [-0.4, -0.2) is 74.4 Å². The molecule has 2 aliphatic heterocycles. The fourth-order valence-electron chi connectivity index (χ4n) is 5.19. The number of carbonyl (C=O) groups excluding carboxylic acids is 2. The normalized spacial score (nSPS) is 17.1. The number of pyridine rings is 2. The SMILES string of the molecule is CCOc1cc(C(=O)Nc2ccc([C@H]3CNCCO3)c(Cl)c2)ccn1.CCOc1ccc(C(=O)Nc2ccc([C@H]3CNCCO3)c(Cl)c2)cn1. The van der Waals surface area contributed by atoms with Gasteiger partial charge in [-0.2, -0.15) is 0 Å². The molecule has 4 aromatic rings. The average molecular weight is 724 g/mol. The van der Waals surface area contributed by atoms with E-state index in [0.29, 0.717) is 70.7 Å². The molecule has 0 spiro atoms. The number of nitrogens with one attached hydrogen (secondary N) is 4. The first kappa shape index (κ1) is 37.0. The number of amides is 2. The number of hydrogen-bond acceptors (Lipinski definition) is 10. The zero-order valence-corrected chi connectivity index (χ0v) is 29.4. The smallest absolute Gasteiger partial charge is 0.257 e. The summed E-state index contributed by atoms with van der Waals surface area (Å²) >= 11 is 12.7. The predicted molar refractivity (Wildman–Crippen MR) is 193 cm³/mol. The van der Waals surface area contributed by atoms with E-state index in [9.17, 15) is 9.59 Å². The molecular formula is C36H40Cl2N6O6. The molecule has 4 N–H and O–H groups in total. The Hall–Kier alpha value is -4.30. The van der Waals surface area contributed by atoms with Gasteiger partial charge in [-0.15, -0.1) is 0 Å². The first-order valence-corrected chi connectivity index (χ1v) is 17.1. The molecular weight excluding hydrogens is 683 g/mol. The molecule has 0 aliphatic carbocycles. The zero-order chi connectivity index (χ0) is 35.3. The number of morpholine rings is 2. The average Bonchev–Trinajstić information content (AvgIpc) is 3.13. The van der Waals surface area contributed by atoms with Gasteiger partial charge in [0.1, 0.15) is 0 Å². The van der Waals surface area contributed by atoms with Gasteiger partial charge in [-0.05, 0) is 50.2 Å². The number of halogens is 2. The number of hydrogen-bond donors (Lipinski definition) is 4. The van der Waals surface area contributed by atoms with Crippen molar-refractivity contribution in [2.45, 2.75) is 26.1 Å². The molecule has 12 nitrogen and oxygen atoms in total. The summed E-state index contributed by atoms with van der Waals surface area (Å²) in [6.45, 7) is 9.22. The summed E-state index contributed by atoms with van der Waals surface area (Å²) in [5.74, 6) is 0.413. The minimum absolute atomic E-state index is 0.0682. The summed E-state index contributed by atoms with van der Waals surface area (Å²) in [5.41, 5.74) is 3.99. The second kappa shape index (κ2) is 18.6. The Morgan fingerprint density at radius 1 is 0.740 bits per heavy atom. The molecule has 0 radical (unpaired) electrons. The highest BCUT2D eigenvalue weighted by molar-refractivity contribution is 6.32. The molecule has 14 heteroatoms. The Morgan fingerprint density at radius 2 is 1.30 bits per heavy atom. The number of ether oxygens (including phenoxy) is 4. The minimum atomic E-state index is -0.255. The van der Waals surface area contributed by atoms with Crippen LogP contribution in [0.15, 0.2) is 73.1 Å². The zero-order valence-electron chi connectivity index (χ0n) is 27.8. The number of nitrogens with zero attached hydrogens (tertiary/aromatic N) is 2. The standard InChI is InChI=1S/2C18H20ClN3O3/c1-2-24-17-6-3-12(10-21-17)18(23)22-13-4-5-14(15(19)9-13)16-11-20-7-8-25-16;1-2-24-17-9-12(5-6-21-17)18(23)22-13-3-4-14(15(19)10-13)16-11-20-7-8-25-16/h2*3-6,9-10,16,20H,2,7-8,11H2,1H3,(H,22,23)/t2*16-/m11/s1. The van der Waals surface area contributed by atoms with Crippen molar-refractivity contribution in [3.05, 3.63) is 105 Å². The van der Waals surface area contributed by atoms with Gasteiger partial charge < -0.3 is 40.2 Å². The lowest BCUT2D eigenvalue weighted by Gasteiger charge is -2.25. The molecule has 0 saturated carbocycles. The van der Waals surface area contributed by atoms with Gasteiger partial charge in [0.25, 0.3) is 11.8 Å². The van der Waals surface area contributed by atoms with Crippen molar-refractivity contribution in [3.8, 4) is 11.8 Å². The lowest BCUT2D eigenvalue weighted by Crippen LogP contribution is -2.33. The van der Waals surface area contributed by atoms with Crippen molar-refractivity contribution in [2.24, 2.45) is 0 Å². The minimum Gasteiger partial charge on any atom is -0.478 e. The van der Waals surface area contributed by atoms with Crippen LogP contribution in [0.25, 0.3) is 0 Å². The quantitative estimate of drug-likeness (QED) is 0.152. The van der Waals surface area contributed by atoms with Crippen LogP contribution >= 0.6 is 23.2 Å². The van der Waals surface area contributed by atoms with E-state index in [4.69, 9.17) is 42.1 Å². The van der Waals surface area contributed by atoms with E-state index in [1.807, 2.05) is 38.1 Å². The fraction of sp³-hybridized carbons (Fsp3) is 0.333. The third-order valence-electron chi connectivity index (χ3n) is 7.65. The molecule has 264 valence electrons. The number of carbonyl (C=O) groups is 2. The molecule has 2 atom stereocenters. The Bertz CT molecular complexity index is 1730. The van der Waals surface area contributed by atoms with Crippen molar-refractivity contribution in [3.63, 3.8) is 0 Å². The summed E-state index contributed by atoms with van der Waals surface area (Å²) in [4.78, 5) is 32.9. The summed E-state index contributed by atoms with van der Waals surface area (Å²) in [6.07, 6.45) is 2.89. The van der Waals surface area contributed by atoms with Crippen LogP contribution in [0.3, 0.4) is 0 Å². The summed E-state index contributed by atoms with van der Waals surface area (Å²) in [7, 11) is 0. The first-order valence-electron chi connectivity index (χ1n) is 16.4. The molecule has 2 aromatic carbocycles. The third-order valence-corrected chi connectivity index (χ3v) is 8.30. The lowest BCUT2D eigenvalue weighted by molar-refractivity contribution is 0.0277. The summed E-state index contributed by atoms with van der Waals surface area (Å²) in [5, 5.41) is 13.3. The summed E-state index contributed by atoms with van der Waals surface area (Å²) < 4.78 is 22.0. The Labute approximate surface area is 301 Å². The van der Waals surface area contributed by atoms with Gasteiger partial charge >= 0.3 is 0 Å². The van der Waals surface area contributed by atoms with Crippen LogP contribution < -0.4 is 30.7 Å². The van der Waals surface area contributed by atoms with Crippen molar-refractivity contribution in [1.82, 2.24) is 20.6 Å². The number of aromatic nitrogens is 2. The maximum Gasteiger partial charge on any atom is 0.257 e. The van der Waals surface area contributed by atoms with E-state index in [1.54, 1.807) is 42.6 Å². The monoisotopic (exact) mass is 722 g/mol. The predicted octanol–water partition coefficient (Wildman–Crippen LogP) is 6.09. The Morgan fingerprint density at radius 3 is 1.78 bits per heavy atom. The Kier molecular flexibility index (Phi) is 13.8. The third kappa shape index (κ3) is 10.4. The molecule has 2 aliphatic rings. The van der Waals surface area contributed by atoms with Crippen LogP contribution in [0.1, 0.15) is 57.9 Å². The van der Waals surface area contributed by atoms with Gasteiger partial charge in [0.15, 0.2) is 0 Å². The van der Waals surface area contributed by atoms with Crippen molar-refractivity contribution in [1.29, 1.82) is 0 Å². The van der Waals surface area contributed by atoms with Crippen molar-refractivity contribution in [2.75, 3.05) is 63.2 Å². The highest BCUT2D eigenvalue weighted by Gasteiger charge is 2.20. The molecule has 50 heavy (non-hydrogen) atoms. The van der Waals surface area contributed by atoms with Crippen LogP contribution in [0.2, 0.25) is 10.0 Å². The maximum absolute atomic E-state index is 12.4. The number of benzene rings is 2. The molecule has 0 bridgehead atoms. The second-order valence-corrected chi connectivity index (χ2v) is 12.0. The van der Waals surface area contributed by atoms with Gasteiger partial charge in [0, 0.05) is 88.8 Å². The fourth-order valence-corrected chi connectivity index (χ4v) is 5.80. The molecule has 4 heterocycles. The second-order valence-electron chi connectivity index (χ2n) is 11.1. The van der Waals surface area contributed by atoms with E-state index in [1.165, 1.54) is 6.20 Å². The molecule has 6 rings (SSSR count). The van der Waals surface area contributed by atoms with Crippen molar-refractivity contribution < 1.29 is 28.5 Å². The van der Waals surface area contributed by atoms with E-state index in [0.717, 1.165) is 37.3 Å². The molecule has 0 unspecified atom stereocenters. The highest BCUT2D eigenvalue weighted by Crippen LogP contribution is 2.30. The van der Waals surface area contributed by atoms with Gasteiger partial charge in [0.2, 0.25) is 11.8 Å². The van der Waals surface area contributed by atoms with Gasteiger partial charge in [-0.3, -0.25) is 9.59 Å². The van der Waals surface area contributed by atoms with Gasteiger partial charge in [-0.1, -0.05) is 35.3 Å². The van der Waals surface area contributed by atoms with Crippen LogP contribution in [0.4, 0.5) is 11.4 Å². The lowest BCUT2D eigenvalue weighted by atomic mass is 10.1. The topological polar surface area (TPSA) is 145 Å². The van der Waals surface area contributed by atoms with Crippen LogP contribution in [-0.2, 0) is 9.47 Å². The van der Waals surface area contributed by atoms with E-state index in [-0.39, 0.29) is 24.0 Å². The highest BCUT2D eigenvalue weighted by atomic mass is 35.5. The first-order chi connectivity index (χ1) is 24.3. The molecule has 2 fully saturated rings. The number of rotatable bonds is 10. The molecule has 2 saturated heterocycles. The van der Waals surface area contributed by atoms with Crippen LogP contribution in [0.5, 0.6) is 11.8 Å². The van der Waals surface area contributed by atoms with Crippen molar-refractivity contribution >= 4 is 46.4 Å². The maximum atomic E-state index is 12.4. The largest absolute Gasteiger partial charge is 0.478 e. The van der Waals surface area contributed by atoms with Gasteiger partial charge in [0.05, 0.1) is 44.2 Å². The van der Waals surface area contributed by atoms with Crippen LogP contribution in [0, 0.1) is 0 Å². The molecule has 2 amide bonds. The summed E-state index contributed by atoms with van der Waals surface area (Å²) in [6, 6.07) is 17.4. The molecule has 2 aromatic heterocycles. The van der Waals surface area contributed by atoms with E-state index < -0.39 is 0 Å². The van der Waals surface area contributed by atoms with Gasteiger partial charge in [-0.25, -0.2) is 9.97 Å². The van der Waals surface area contributed by atoms with E-state index >= 15 is 0 Å².